The summed E-state index contributed by atoms with van der Waals surface area (Å²) in [5.41, 5.74) is 5.68. The topological polar surface area (TPSA) is 58.0 Å². The molecule has 0 saturated carbocycles. The maximum atomic E-state index is 12.1. The van der Waals surface area contributed by atoms with E-state index in [1.54, 1.807) is 54.6 Å². The van der Waals surface area contributed by atoms with E-state index in [0.29, 0.717) is 83.8 Å². The number of nitrogens with zero attached hydrogens (tertiary/aromatic N) is 5. The third-order valence-electron chi connectivity index (χ3n) is 19.8. The summed E-state index contributed by atoms with van der Waals surface area (Å²) in [4.78, 5) is 7.94. The summed E-state index contributed by atoms with van der Waals surface area (Å²) in [5, 5.41) is 11.1. The molecule has 5 aliphatic heterocycles. The molecule has 0 spiro atoms. The Morgan fingerprint density at radius 2 is 0.970 bits per heavy atom. The number of hydrogen-bond donors (Lipinski definition) is 0. The van der Waals surface area contributed by atoms with Gasteiger partial charge in [-0.15, -0.1) is 0 Å². The fourth-order valence-corrected chi connectivity index (χ4v) is 15.5. The Bertz CT molecular complexity index is 6990. The molecule has 0 atom stereocenters. The van der Waals surface area contributed by atoms with Gasteiger partial charge in [0.1, 0.15) is 23.0 Å². The Morgan fingerprint density at radius 1 is 0.434 bits per heavy atom. The quantitative estimate of drug-likeness (QED) is 0.112. The van der Waals surface area contributed by atoms with Crippen molar-refractivity contribution < 1.29 is 32.8 Å². The molecule has 14 aromatic carbocycles. The first-order valence-corrected chi connectivity index (χ1v) is 32.5. The molecule has 0 bridgehead atoms. The molecule has 460 valence electrons. The van der Waals surface area contributed by atoms with E-state index in [1.165, 1.54) is 4.57 Å². The monoisotopic (exact) mass is 1280 g/mol. The Morgan fingerprint density at radius 3 is 1.55 bits per heavy atom. The van der Waals surface area contributed by atoms with Crippen molar-refractivity contribution in [1.82, 2.24) is 4.57 Å². The lowest BCUT2D eigenvalue weighted by atomic mass is 9.29. The van der Waals surface area contributed by atoms with Gasteiger partial charge in [-0.1, -0.05) is 233 Å². The predicted octanol–water partition coefficient (Wildman–Crippen LogP) is 19.6. The third-order valence-corrected chi connectivity index (χ3v) is 19.8. The summed E-state index contributed by atoms with van der Waals surface area (Å²) in [6.07, 6.45) is 0. The molecule has 0 amide bonds. The van der Waals surface area contributed by atoms with Crippen LogP contribution in [0, 0.1) is 17.9 Å². The minimum Gasteiger partial charge on any atom is -0.459 e. The van der Waals surface area contributed by atoms with Gasteiger partial charge in [-0.05, 0) is 173 Å². The van der Waals surface area contributed by atoms with E-state index >= 15 is 0 Å². The largest absolute Gasteiger partial charge is 0.459 e. The van der Waals surface area contributed by atoms with Crippen LogP contribution >= 0.6 is 0 Å². The highest BCUT2D eigenvalue weighted by Gasteiger charge is 2.53. The molecule has 0 fully saturated rings. The lowest BCUT2D eigenvalue weighted by molar-refractivity contribution is 0.466. The second-order valence-electron chi connectivity index (χ2n) is 26.2. The van der Waals surface area contributed by atoms with Crippen molar-refractivity contribution in [2.75, 3.05) is 9.80 Å². The maximum absolute atomic E-state index is 12.1. The van der Waals surface area contributed by atoms with E-state index in [2.05, 4.69) is 10.9 Å². The number of hydrogen-bond acceptors (Lipinski definition) is 5. The van der Waals surface area contributed by atoms with Gasteiger partial charge in [0, 0.05) is 55.8 Å². The first kappa shape index (κ1) is 41.9. The molecule has 0 radical (unpaired) electrons. The SMILES string of the molecule is [2H]c1c([2H])c([2H])c(-c2c([2H])c([2H])c3c(c2[2H])N(c2c(-c4ccccc4)cc(C#N)cc2-c2ccccc2)c2cc(C(C)(C)C)cc4c2B3c2c3c5c(c([2H])c2N4c2c(-c4ccccc4)cc([N+]#[C-])cc2-c2ccccc2)-n2c4c([2H])c([2H])c([2H])c([2H])c4c4c([2H])c([2H])c6c(c42)B5c2c(c([2H])c(-c4ccccc4)c([2H])c2O6)O3)c([2H])c1[2H]. The van der Waals surface area contributed by atoms with E-state index in [1.807, 2.05) is 164 Å². The van der Waals surface area contributed by atoms with Gasteiger partial charge < -0.3 is 23.8 Å². The van der Waals surface area contributed by atoms with E-state index in [4.69, 9.17) is 17.4 Å². The number of anilines is 6. The Balaban J connectivity index is 1.08. The van der Waals surface area contributed by atoms with Crippen LogP contribution in [-0.4, -0.2) is 18.0 Å². The van der Waals surface area contributed by atoms with Crippen molar-refractivity contribution in [1.29, 1.82) is 5.26 Å². The average Bonchev–Trinajstić information content (AvgIpc) is 1.31. The number of fused-ring (bicyclic) bond motifs is 9. The second-order valence-corrected chi connectivity index (χ2v) is 26.2. The molecule has 9 heteroatoms. The third kappa shape index (κ3) is 8.32. The second kappa shape index (κ2) is 21.3. The zero-order chi connectivity index (χ0) is 80.7. The molecule has 20 rings (SSSR count). The van der Waals surface area contributed by atoms with Crippen LogP contribution in [-0.2, 0) is 5.41 Å². The lowest BCUT2D eigenvalue weighted by Gasteiger charge is -2.48. The number of benzene rings is 14. The summed E-state index contributed by atoms with van der Waals surface area (Å²) in [6, 6.07) is 49.7. The molecule has 0 unspecified atom stereocenters. The minimum atomic E-state index is -1.56. The predicted molar refractivity (Wildman–Crippen MR) is 408 cm³/mol. The van der Waals surface area contributed by atoms with Gasteiger partial charge >= 0.3 is 0 Å². The van der Waals surface area contributed by atoms with Crippen LogP contribution in [0.25, 0.3) is 99.1 Å². The Kier molecular flexibility index (Phi) is 9.03. The zero-order valence-corrected chi connectivity index (χ0v) is 53.1. The summed E-state index contributed by atoms with van der Waals surface area (Å²) in [7, 11) is 0. The van der Waals surface area contributed by atoms with Crippen LogP contribution in [0.1, 0.15) is 55.2 Å². The number of rotatable bonds is 8. The summed E-state index contributed by atoms with van der Waals surface area (Å²) < 4.78 is 189. The van der Waals surface area contributed by atoms with Crippen molar-refractivity contribution >= 4 is 108 Å². The molecule has 0 N–H and O–H groups in total. The van der Waals surface area contributed by atoms with Crippen LogP contribution in [0.15, 0.2) is 291 Å². The van der Waals surface area contributed by atoms with Crippen molar-refractivity contribution in [3.63, 3.8) is 0 Å². The molecule has 7 nitrogen and oxygen atoms in total. The van der Waals surface area contributed by atoms with Crippen molar-refractivity contribution in [3.8, 4) is 102 Å². The highest BCUT2D eigenvalue weighted by Crippen LogP contribution is 2.57. The maximum Gasteiger partial charge on any atom is 0.266 e. The molecular formula is C90H57B2N5O2. The molecule has 5 aliphatic rings. The molecule has 99 heavy (non-hydrogen) atoms. The molecule has 0 aliphatic carbocycles. The van der Waals surface area contributed by atoms with Crippen LogP contribution in [0.5, 0.6) is 23.0 Å². The molecule has 0 saturated heterocycles. The number of aromatic nitrogens is 1. The fourth-order valence-electron chi connectivity index (χ4n) is 15.5. The van der Waals surface area contributed by atoms with E-state index < -0.39 is 115 Å². The number of ether oxygens (including phenoxy) is 2. The lowest BCUT2D eigenvalue weighted by Crippen LogP contribution is -2.66. The highest BCUT2D eigenvalue weighted by atomic mass is 16.5. The first-order chi connectivity index (χ1) is 55.8. The smallest absolute Gasteiger partial charge is 0.266 e. The minimum absolute atomic E-state index is 0.0107. The van der Waals surface area contributed by atoms with Gasteiger partial charge in [0.15, 0.2) is 5.69 Å². The Labute approximate surface area is 598 Å². The van der Waals surface area contributed by atoms with Crippen LogP contribution in [0.4, 0.5) is 39.8 Å². The van der Waals surface area contributed by atoms with E-state index in [0.717, 1.165) is 0 Å². The Hall–Kier alpha value is -12.8. The number of para-hydroxylation sites is 1. The summed E-state index contributed by atoms with van der Waals surface area (Å²) >= 11 is 0. The summed E-state index contributed by atoms with van der Waals surface area (Å²) in [5.74, 6) is -0.598. The van der Waals surface area contributed by atoms with Crippen molar-refractivity contribution in [2.45, 2.75) is 26.2 Å². The molecule has 15 aromatic rings. The summed E-state index contributed by atoms with van der Waals surface area (Å²) in [6.45, 7) is 12.1. The van der Waals surface area contributed by atoms with Gasteiger partial charge in [0.05, 0.1) is 63.9 Å². The molecular weight excluding hydrogens is 1200 g/mol. The van der Waals surface area contributed by atoms with Gasteiger partial charge in [-0.2, -0.15) is 5.26 Å². The van der Waals surface area contributed by atoms with Crippen molar-refractivity contribution in [2.24, 2.45) is 0 Å². The van der Waals surface area contributed by atoms with Crippen molar-refractivity contribution in [3.05, 3.63) is 313 Å². The van der Waals surface area contributed by atoms with E-state index in [-0.39, 0.29) is 124 Å². The normalized spacial score (nSPS) is 15.5. The average molecular weight is 1280 g/mol. The van der Waals surface area contributed by atoms with Crippen LogP contribution < -0.4 is 52.1 Å². The van der Waals surface area contributed by atoms with E-state index in [9.17, 15) is 27.2 Å². The fraction of sp³-hybridized carbons (Fsp3) is 0.0444. The standard InChI is InChI=1S/C90H57B2N5O2/c1-90(2,3)63-48-74-81-75(49-63)97(87-69(59-33-19-9-20-34-59)50-64(94-4)51-70(87)60-35-21-10-22-36-60)76-52-77-83-89(99-80-47-62(56-27-13-6-14-28-56)46-79-84(80)92(83)85-78(98-79)42-40-66-65-37-23-24-38-72(65)95(77)88(66)85)82(76)91(81)71-41-39-61(55-25-11-5-12-26-55)45-73(71)96(74)86-67(57-29-15-7-16-30-57)43-54(53-93)44-68(86)58-31-17-8-18-32-58/h5-52H,1-3H3/i5D,11D,12D,23D,24D,25D,26D,37D,38D,39D,40D,41D,42D,45D,46D,47D,52D. The first-order valence-electron chi connectivity index (χ1n) is 41.0. The van der Waals surface area contributed by atoms with Gasteiger partial charge in [0.2, 0.25) is 0 Å². The molecule has 1 aromatic heterocycles. The van der Waals surface area contributed by atoms with Gasteiger partial charge in [-0.25, -0.2) is 4.85 Å². The van der Waals surface area contributed by atoms with Crippen LogP contribution in [0.3, 0.4) is 0 Å². The van der Waals surface area contributed by atoms with Gasteiger partial charge in [-0.3, -0.25) is 0 Å². The number of nitriles is 1. The zero-order valence-electron chi connectivity index (χ0n) is 70.1. The molecule has 6 heterocycles. The van der Waals surface area contributed by atoms with Crippen LogP contribution in [0.2, 0.25) is 0 Å². The van der Waals surface area contributed by atoms with Gasteiger partial charge in [0.25, 0.3) is 13.4 Å². The highest BCUT2D eigenvalue weighted by molar-refractivity contribution is 7.04.